The van der Waals surface area contributed by atoms with E-state index in [0.29, 0.717) is 5.95 Å². The molecule has 1 N–H and O–H groups in total. The average molecular weight is 318 g/mol. The van der Waals surface area contributed by atoms with Gasteiger partial charge in [0, 0.05) is 29.7 Å². The standard InChI is InChI=1S/C20H22N4/c1-4-24(18-8-6-5-7-9-18)20-21-16(3)14-19(23-20)22-17-12-10-15(2)11-13-17/h5-14H,4H2,1-3H3,(H,21,22,23). The van der Waals surface area contributed by atoms with Crippen LogP contribution in [0.15, 0.2) is 60.7 Å². The SMILES string of the molecule is CCN(c1ccccc1)c1nc(C)cc(Nc2ccc(C)cc2)n1. The molecular weight excluding hydrogens is 296 g/mol. The number of nitrogens with zero attached hydrogens (tertiary/aromatic N) is 3. The monoisotopic (exact) mass is 318 g/mol. The summed E-state index contributed by atoms with van der Waals surface area (Å²) in [5, 5.41) is 3.37. The molecule has 0 bridgehead atoms. The lowest BCUT2D eigenvalue weighted by Crippen LogP contribution is -2.19. The van der Waals surface area contributed by atoms with Gasteiger partial charge in [0.2, 0.25) is 5.95 Å². The molecule has 0 saturated heterocycles. The predicted molar refractivity (Wildman–Crippen MR) is 100 cm³/mol. The molecule has 3 aromatic rings. The molecule has 0 unspecified atom stereocenters. The molecule has 0 spiro atoms. The Bertz CT molecular complexity index is 798. The van der Waals surface area contributed by atoms with Crippen molar-refractivity contribution in [3.63, 3.8) is 0 Å². The summed E-state index contributed by atoms with van der Waals surface area (Å²) in [6, 6.07) is 20.5. The molecule has 1 heterocycles. The van der Waals surface area contributed by atoms with Crippen LogP contribution < -0.4 is 10.2 Å². The Morgan fingerprint density at radius 1 is 0.917 bits per heavy atom. The maximum Gasteiger partial charge on any atom is 0.232 e. The van der Waals surface area contributed by atoms with Gasteiger partial charge in [-0.1, -0.05) is 35.9 Å². The van der Waals surface area contributed by atoms with Crippen molar-refractivity contribution in [2.75, 3.05) is 16.8 Å². The van der Waals surface area contributed by atoms with Crippen LogP contribution in [-0.2, 0) is 0 Å². The minimum atomic E-state index is 0.707. The van der Waals surface area contributed by atoms with Crippen LogP contribution in [0.3, 0.4) is 0 Å². The first-order valence-electron chi connectivity index (χ1n) is 8.17. The molecule has 0 saturated carbocycles. The van der Waals surface area contributed by atoms with Gasteiger partial charge in [-0.05, 0) is 45.0 Å². The lowest BCUT2D eigenvalue weighted by atomic mass is 10.2. The smallest absolute Gasteiger partial charge is 0.232 e. The van der Waals surface area contributed by atoms with Crippen molar-refractivity contribution < 1.29 is 0 Å². The number of para-hydroxylation sites is 1. The molecule has 3 rings (SSSR count). The van der Waals surface area contributed by atoms with Gasteiger partial charge in [-0.15, -0.1) is 0 Å². The summed E-state index contributed by atoms with van der Waals surface area (Å²) < 4.78 is 0. The van der Waals surface area contributed by atoms with Gasteiger partial charge in [0.25, 0.3) is 0 Å². The third-order valence-electron chi connectivity index (χ3n) is 3.79. The number of aryl methyl sites for hydroxylation is 2. The van der Waals surface area contributed by atoms with E-state index in [2.05, 4.69) is 65.4 Å². The van der Waals surface area contributed by atoms with Crippen LogP contribution in [0, 0.1) is 13.8 Å². The van der Waals surface area contributed by atoms with Crippen molar-refractivity contribution in [1.29, 1.82) is 0 Å². The molecule has 2 aromatic carbocycles. The van der Waals surface area contributed by atoms with Crippen molar-refractivity contribution >= 4 is 23.1 Å². The number of nitrogens with one attached hydrogen (secondary N) is 1. The van der Waals surface area contributed by atoms with Crippen LogP contribution in [0.4, 0.5) is 23.1 Å². The molecule has 4 heteroatoms. The number of aromatic nitrogens is 2. The lowest BCUT2D eigenvalue weighted by Gasteiger charge is -2.22. The molecule has 0 fully saturated rings. The summed E-state index contributed by atoms with van der Waals surface area (Å²) in [7, 11) is 0. The third kappa shape index (κ3) is 3.71. The van der Waals surface area contributed by atoms with Crippen LogP contribution in [0.5, 0.6) is 0 Å². The number of rotatable bonds is 5. The normalized spacial score (nSPS) is 10.5. The van der Waals surface area contributed by atoms with Crippen molar-refractivity contribution in [3.05, 3.63) is 71.9 Å². The van der Waals surface area contributed by atoms with E-state index < -0.39 is 0 Å². The van der Waals surface area contributed by atoms with Crippen LogP contribution in [0.1, 0.15) is 18.2 Å². The Labute approximate surface area is 143 Å². The molecule has 0 aliphatic rings. The Balaban J connectivity index is 1.92. The second kappa shape index (κ2) is 7.13. The summed E-state index contributed by atoms with van der Waals surface area (Å²) in [5.74, 6) is 1.51. The summed E-state index contributed by atoms with van der Waals surface area (Å²) in [6.45, 7) is 6.98. The Kier molecular flexibility index (Phi) is 4.75. The summed E-state index contributed by atoms with van der Waals surface area (Å²) >= 11 is 0. The molecule has 0 atom stereocenters. The van der Waals surface area contributed by atoms with Crippen molar-refractivity contribution in [1.82, 2.24) is 9.97 Å². The van der Waals surface area contributed by atoms with Gasteiger partial charge < -0.3 is 10.2 Å². The Hall–Kier alpha value is -2.88. The number of hydrogen-bond acceptors (Lipinski definition) is 4. The molecule has 0 radical (unpaired) electrons. The van der Waals surface area contributed by atoms with E-state index in [1.54, 1.807) is 0 Å². The molecule has 0 aliphatic heterocycles. The number of hydrogen-bond donors (Lipinski definition) is 1. The van der Waals surface area contributed by atoms with Gasteiger partial charge in [-0.25, -0.2) is 4.98 Å². The maximum atomic E-state index is 4.70. The molecule has 0 amide bonds. The fourth-order valence-corrected chi connectivity index (χ4v) is 2.57. The first-order valence-corrected chi connectivity index (χ1v) is 8.17. The lowest BCUT2D eigenvalue weighted by molar-refractivity contribution is 0.936. The molecule has 1 aromatic heterocycles. The van der Waals surface area contributed by atoms with E-state index in [-0.39, 0.29) is 0 Å². The first-order chi connectivity index (χ1) is 11.7. The zero-order valence-electron chi connectivity index (χ0n) is 14.3. The highest BCUT2D eigenvalue weighted by Gasteiger charge is 2.12. The van der Waals surface area contributed by atoms with Gasteiger partial charge in [-0.3, -0.25) is 0 Å². The van der Waals surface area contributed by atoms with E-state index in [0.717, 1.165) is 29.4 Å². The van der Waals surface area contributed by atoms with E-state index in [4.69, 9.17) is 4.98 Å². The van der Waals surface area contributed by atoms with Crippen LogP contribution in [0.25, 0.3) is 0 Å². The van der Waals surface area contributed by atoms with Gasteiger partial charge in [0.1, 0.15) is 5.82 Å². The quantitative estimate of drug-likeness (QED) is 0.719. The fraction of sp³-hybridized carbons (Fsp3) is 0.200. The van der Waals surface area contributed by atoms with Gasteiger partial charge in [-0.2, -0.15) is 4.98 Å². The van der Waals surface area contributed by atoms with Crippen molar-refractivity contribution in [2.24, 2.45) is 0 Å². The Morgan fingerprint density at radius 3 is 2.29 bits per heavy atom. The Morgan fingerprint density at radius 2 is 1.62 bits per heavy atom. The molecule has 24 heavy (non-hydrogen) atoms. The topological polar surface area (TPSA) is 41.1 Å². The zero-order valence-corrected chi connectivity index (χ0v) is 14.3. The minimum absolute atomic E-state index is 0.707. The van der Waals surface area contributed by atoms with Gasteiger partial charge >= 0.3 is 0 Å². The highest BCUT2D eigenvalue weighted by Crippen LogP contribution is 2.24. The second-order valence-electron chi connectivity index (χ2n) is 5.77. The van der Waals surface area contributed by atoms with E-state index >= 15 is 0 Å². The second-order valence-corrected chi connectivity index (χ2v) is 5.77. The number of benzene rings is 2. The largest absolute Gasteiger partial charge is 0.340 e. The predicted octanol–water partition coefficient (Wildman–Crippen LogP) is 5.00. The fourth-order valence-electron chi connectivity index (χ4n) is 2.57. The first kappa shape index (κ1) is 16.0. The molecule has 122 valence electrons. The molecule has 4 nitrogen and oxygen atoms in total. The molecule has 0 aliphatic carbocycles. The van der Waals surface area contributed by atoms with Crippen molar-refractivity contribution in [2.45, 2.75) is 20.8 Å². The molecular formula is C20H22N4. The van der Waals surface area contributed by atoms with Crippen LogP contribution in [-0.4, -0.2) is 16.5 Å². The summed E-state index contributed by atoms with van der Waals surface area (Å²) in [6.07, 6.45) is 0. The highest BCUT2D eigenvalue weighted by molar-refractivity contribution is 5.62. The van der Waals surface area contributed by atoms with E-state index in [1.807, 2.05) is 31.2 Å². The minimum Gasteiger partial charge on any atom is -0.340 e. The van der Waals surface area contributed by atoms with Gasteiger partial charge in [0.15, 0.2) is 0 Å². The average Bonchev–Trinajstić information content (AvgIpc) is 2.58. The maximum absolute atomic E-state index is 4.70. The van der Waals surface area contributed by atoms with Crippen LogP contribution >= 0.6 is 0 Å². The van der Waals surface area contributed by atoms with E-state index in [9.17, 15) is 0 Å². The number of anilines is 4. The van der Waals surface area contributed by atoms with Gasteiger partial charge in [0.05, 0.1) is 0 Å². The van der Waals surface area contributed by atoms with Crippen molar-refractivity contribution in [3.8, 4) is 0 Å². The van der Waals surface area contributed by atoms with E-state index in [1.165, 1.54) is 5.56 Å². The zero-order chi connectivity index (χ0) is 16.9. The summed E-state index contributed by atoms with van der Waals surface area (Å²) in [5.41, 5.74) is 4.28. The highest BCUT2D eigenvalue weighted by atomic mass is 15.3. The third-order valence-corrected chi connectivity index (χ3v) is 3.79. The van der Waals surface area contributed by atoms with Crippen LogP contribution in [0.2, 0.25) is 0 Å². The summed E-state index contributed by atoms with van der Waals surface area (Å²) in [4.78, 5) is 11.4.